The highest BCUT2D eigenvalue weighted by Gasteiger charge is 2.31. The van der Waals surface area contributed by atoms with E-state index in [4.69, 9.17) is 4.74 Å². The smallest absolute Gasteiger partial charge is 0.465 e. The van der Waals surface area contributed by atoms with Crippen molar-refractivity contribution in [1.82, 2.24) is 5.32 Å². The second kappa shape index (κ2) is 11.3. The Morgan fingerprint density at radius 2 is 1.80 bits per heavy atom. The Hall–Kier alpha value is -2.83. The number of carbonyl (C=O) groups excluding carboxylic acids is 1. The largest absolute Gasteiger partial charge is 0.573 e. The van der Waals surface area contributed by atoms with Gasteiger partial charge in [-0.3, -0.25) is 9.10 Å². The highest BCUT2D eigenvalue weighted by Crippen LogP contribution is 2.39. The molecule has 2 aromatic carbocycles. The predicted molar refractivity (Wildman–Crippen MR) is 129 cm³/mol. The number of fused-ring (bicyclic) bond motifs is 1. The van der Waals surface area contributed by atoms with E-state index in [2.05, 4.69) is 10.1 Å². The standard InChI is InChI=1S/C23H25F3N2O5S2/c1-3-32-21(29)14-27-12-13-35(30,31)28(22-16(2)19-6-4-5-7-20(19)34-22)15-17-8-10-18(11-9-17)33-23(24,25)26/h4-11,27H,3,12-15H2,1-2H3. The number of thiophene rings is 1. The molecular weight excluding hydrogens is 505 g/mol. The van der Waals surface area contributed by atoms with Crippen LogP contribution < -0.4 is 14.4 Å². The lowest BCUT2D eigenvalue weighted by Gasteiger charge is -2.24. The summed E-state index contributed by atoms with van der Waals surface area (Å²) in [4.78, 5) is 11.5. The summed E-state index contributed by atoms with van der Waals surface area (Å²) in [6.45, 7) is 3.54. The first-order chi connectivity index (χ1) is 16.5. The van der Waals surface area contributed by atoms with Gasteiger partial charge < -0.3 is 14.8 Å². The molecule has 7 nitrogen and oxygen atoms in total. The molecule has 0 radical (unpaired) electrons. The van der Waals surface area contributed by atoms with Crippen LogP contribution in [0.2, 0.25) is 0 Å². The number of alkyl halides is 3. The number of sulfonamides is 1. The second-order valence-electron chi connectivity index (χ2n) is 7.52. The average Bonchev–Trinajstić information content (AvgIpc) is 3.11. The van der Waals surface area contributed by atoms with Crippen LogP contribution in [-0.2, 0) is 26.1 Å². The van der Waals surface area contributed by atoms with E-state index >= 15 is 0 Å². The molecule has 0 saturated carbocycles. The summed E-state index contributed by atoms with van der Waals surface area (Å²) in [6, 6.07) is 12.6. The Morgan fingerprint density at radius 1 is 1.11 bits per heavy atom. The molecule has 0 spiro atoms. The third-order valence-corrected chi connectivity index (χ3v) is 8.09. The molecule has 1 N–H and O–H groups in total. The maximum absolute atomic E-state index is 13.4. The fourth-order valence-corrected chi connectivity index (χ4v) is 6.30. The number of esters is 1. The van der Waals surface area contributed by atoms with Gasteiger partial charge in [-0.1, -0.05) is 30.3 Å². The monoisotopic (exact) mass is 530 g/mol. The van der Waals surface area contributed by atoms with Crippen molar-refractivity contribution in [2.45, 2.75) is 26.8 Å². The summed E-state index contributed by atoms with van der Waals surface area (Å²) in [5, 5.41) is 4.21. The van der Waals surface area contributed by atoms with E-state index in [1.54, 1.807) is 6.92 Å². The molecule has 3 rings (SSSR count). The van der Waals surface area contributed by atoms with Crippen LogP contribution in [0.3, 0.4) is 0 Å². The number of rotatable bonds is 11. The van der Waals surface area contributed by atoms with Gasteiger partial charge >= 0.3 is 12.3 Å². The van der Waals surface area contributed by atoms with Crippen molar-refractivity contribution in [3.8, 4) is 5.75 Å². The van der Waals surface area contributed by atoms with Crippen LogP contribution in [0.1, 0.15) is 18.1 Å². The van der Waals surface area contributed by atoms with Gasteiger partial charge in [0.25, 0.3) is 0 Å². The number of carbonyl (C=O) groups is 1. The molecule has 1 aromatic heterocycles. The van der Waals surface area contributed by atoms with Gasteiger partial charge in [0.1, 0.15) is 10.8 Å². The summed E-state index contributed by atoms with van der Waals surface area (Å²) < 4.78 is 75.1. The number of halogens is 3. The Bertz CT molecular complexity index is 1260. The Kier molecular flexibility index (Phi) is 8.62. The fraction of sp³-hybridized carbons (Fsp3) is 0.348. The molecule has 12 heteroatoms. The number of ether oxygens (including phenoxy) is 2. The van der Waals surface area contributed by atoms with Crippen molar-refractivity contribution in [2.24, 2.45) is 0 Å². The minimum atomic E-state index is -4.82. The van der Waals surface area contributed by atoms with Crippen LogP contribution >= 0.6 is 11.3 Å². The lowest BCUT2D eigenvalue weighted by atomic mass is 10.2. The molecule has 0 unspecified atom stereocenters. The number of anilines is 1. The molecule has 0 aliphatic carbocycles. The van der Waals surface area contributed by atoms with Crippen LogP contribution in [-0.4, -0.2) is 46.2 Å². The van der Waals surface area contributed by atoms with Gasteiger partial charge in [0, 0.05) is 11.2 Å². The van der Waals surface area contributed by atoms with Crippen LogP contribution in [0.25, 0.3) is 10.1 Å². The topological polar surface area (TPSA) is 84.9 Å². The quantitative estimate of drug-likeness (QED) is 0.288. The minimum absolute atomic E-state index is 0.0138. The first-order valence-electron chi connectivity index (χ1n) is 10.7. The first kappa shape index (κ1) is 26.8. The number of aryl methyl sites for hydroxylation is 1. The third-order valence-electron chi connectivity index (χ3n) is 4.98. The molecule has 3 aromatic rings. The molecule has 0 saturated heterocycles. The molecule has 0 aliphatic heterocycles. The van der Waals surface area contributed by atoms with E-state index in [0.717, 1.165) is 27.8 Å². The molecule has 0 fully saturated rings. The lowest BCUT2D eigenvalue weighted by molar-refractivity contribution is -0.274. The fourth-order valence-electron chi connectivity index (χ4n) is 3.37. The van der Waals surface area contributed by atoms with E-state index in [9.17, 15) is 26.4 Å². The summed E-state index contributed by atoms with van der Waals surface area (Å²) >= 11 is 1.32. The normalized spacial score (nSPS) is 12.0. The van der Waals surface area contributed by atoms with Gasteiger partial charge in [0.05, 0.1) is 25.4 Å². The molecule has 0 aliphatic rings. The zero-order chi connectivity index (χ0) is 25.6. The molecular formula is C23H25F3N2O5S2. The SMILES string of the molecule is CCOC(=O)CNCCS(=O)(=O)N(Cc1ccc(OC(F)(F)F)cc1)c1sc2ccccc2c1C. The Balaban J connectivity index is 1.86. The maximum Gasteiger partial charge on any atom is 0.573 e. The van der Waals surface area contributed by atoms with Gasteiger partial charge in [0.2, 0.25) is 10.0 Å². The van der Waals surface area contributed by atoms with Gasteiger partial charge in [-0.15, -0.1) is 24.5 Å². The molecule has 190 valence electrons. The average molecular weight is 531 g/mol. The van der Waals surface area contributed by atoms with Crippen LogP contribution in [0.5, 0.6) is 5.75 Å². The number of nitrogens with one attached hydrogen (secondary N) is 1. The highest BCUT2D eigenvalue weighted by atomic mass is 32.2. The minimum Gasteiger partial charge on any atom is -0.465 e. The number of hydrogen-bond donors (Lipinski definition) is 1. The zero-order valence-electron chi connectivity index (χ0n) is 19.1. The van der Waals surface area contributed by atoms with Crippen molar-refractivity contribution >= 4 is 42.4 Å². The Labute approximate surface area is 205 Å². The van der Waals surface area contributed by atoms with Gasteiger partial charge in [-0.25, -0.2) is 8.42 Å². The van der Waals surface area contributed by atoms with E-state index < -0.39 is 28.1 Å². The maximum atomic E-state index is 13.4. The molecule has 35 heavy (non-hydrogen) atoms. The van der Waals surface area contributed by atoms with Gasteiger partial charge in [-0.2, -0.15) is 0 Å². The van der Waals surface area contributed by atoms with Crippen molar-refractivity contribution in [3.05, 3.63) is 59.7 Å². The van der Waals surface area contributed by atoms with E-state index in [1.807, 2.05) is 31.2 Å². The zero-order valence-corrected chi connectivity index (χ0v) is 20.7. The molecule has 0 amide bonds. The van der Waals surface area contributed by atoms with Crippen molar-refractivity contribution in [1.29, 1.82) is 0 Å². The molecule has 1 heterocycles. The first-order valence-corrected chi connectivity index (χ1v) is 13.1. The van der Waals surface area contributed by atoms with Crippen molar-refractivity contribution in [2.75, 3.05) is 29.8 Å². The Morgan fingerprint density at radius 3 is 2.43 bits per heavy atom. The van der Waals surface area contributed by atoms with Crippen LogP contribution in [0, 0.1) is 6.92 Å². The van der Waals surface area contributed by atoms with E-state index in [1.165, 1.54) is 27.8 Å². The summed E-state index contributed by atoms with van der Waals surface area (Å²) in [5.74, 6) is -1.17. The van der Waals surface area contributed by atoms with Gasteiger partial charge in [-0.05, 0) is 48.6 Å². The summed E-state index contributed by atoms with van der Waals surface area (Å²) in [7, 11) is -3.88. The number of hydrogen-bond acceptors (Lipinski definition) is 7. The predicted octanol–water partition coefficient (Wildman–Crippen LogP) is 4.60. The third kappa shape index (κ3) is 7.33. The summed E-state index contributed by atoms with van der Waals surface area (Å²) in [6.07, 6.45) is -4.82. The van der Waals surface area contributed by atoms with Crippen molar-refractivity contribution in [3.63, 3.8) is 0 Å². The number of benzene rings is 2. The van der Waals surface area contributed by atoms with Crippen LogP contribution in [0.15, 0.2) is 48.5 Å². The summed E-state index contributed by atoms with van der Waals surface area (Å²) in [5.41, 5.74) is 1.27. The van der Waals surface area contributed by atoms with Crippen LogP contribution in [0.4, 0.5) is 18.2 Å². The lowest BCUT2D eigenvalue weighted by Crippen LogP contribution is -2.37. The van der Waals surface area contributed by atoms with E-state index in [-0.39, 0.29) is 32.0 Å². The van der Waals surface area contributed by atoms with Gasteiger partial charge in [0.15, 0.2) is 0 Å². The number of nitrogens with zero attached hydrogens (tertiary/aromatic N) is 1. The van der Waals surface area contributed by atoms with Crippen molar-refractivity contribution < 1.29 is 35.9 Å². The molecule has 0 bridgehead atoms. The highest BCUT2D eigenvalue weighted by molar-refractivity contribution is 7.93. The van der Waals surface area contributed by atoms with E-state index in [0.29, 0.717) is 10.6 Å². The molecule has 0 atom stereocenters. The second-order valence-corrected chi connectivity index (χ2v) is 10.6.